The lowest BCUT2D eigenvalue weighted by Crippen LogP contribution is -2.60. The Hall–Kier alpha value is -1.30. The number of Topliss-reactive ketones (excluding diaryl/α,β-unsaturated/α-hetero) is 1. The molecule has 3 rings (SSSR count). The highest BCUT2D eigenvalue weighted by Gasteiger charge is 2.47. The summed E-state index contributed by atoms with van der Waals surface area (Å²) in [6.45, 7) is 2.85. The Morgan fingerprint density at radius 3 is 2.00 bits per heavy atom. The number of carbonyl (C=O) groups is 1. The van der Waals surface area contributed by atoms with Gasteiger partial charge in [0, 0.05) is 63.1 Å². The quantitative estimate of drug-likeness (QED) is 0.357. The molecular formula is C22H30ClF5N2O3S. The van der Waals surface area contributed by atoms with E-state index < -0.39 is 50.3 Å². The summed E-state index contributed by atoms with van der Waals surface area (Å²) in [7, 11) is -3.38. The second-order valence-corrected chi connectivity index (χ2v) is 11.0. The maximum absolute atomic E-state index is 14.0. The van der Waals surface area contributed by atoms with Crippen LogP contribution < -0.4 is 0 Å². The van der Waals surface area contributed by atoms with Crippen molar-refractivity contribution in [3.05, 3.63) is 35.1 Å². The molecular weight excluding hydrogens is 503 g/mol. The van der Waals surface area contributed by atoms with Gasteiger partial charge in [0.1, 0.15) is 17.5 Å². The Labute approximate surface area is 203 Å². The van der Waals surface area contributed by atoms with E-state index in [1.54, 1.807) is 6.92 Å². The van der Waals surface area contributed by atoms with Crippen molar-refractivity contribution >= 4 is 28.2 Å². The van der Waals surface area contributed by atoms with Crippen molar-refractivity contribution in [2.75, 3.05) is 31.9 Å². The highest BCUT2D eigenvalue weighted by molar-refractivity contribution is 7.89. The molecule has 0 bridgehead atoms. The second-order valence-electron chi connectivity index (χ2n) is 8.95. The monoisotopic (exact) mass is 532 g/mol. The van der Waals surface area contributed by atoms with Crippen LogP contribution in [-0.2, 0) is 10.0 Å². The van der Waals surface area contributed by atoms with Crippen LogP contribution in [0.15, 0.2) is 12.1 Å². The zero-order chi connectivity index (χ0) is 24.4. The lowest BCUT2D eigenvalue weighted by Gasteiger charge is -2.51. The molecule has 0 radical (unpaired) electrons. The summed E-state index contributed by atoms with van der Waals surface area (Å²) in [5.74, 6) is -7.37. The van der Waals surface area contributed by atoms with E-state index in [4.69, 9.17) is 0 Å². The molecule has 0 spiro atoms. The van der Waals surface area contributed by atoms with Gasteiger partial charge in [-0.25, -0.2) is 30.4 Å². The molecule has 1 saturated heterocycles. The Kier molecular flexibility index (Phi) is 9.51. The number of alkyl halides is 2. The molecule has 1 aromatic rings. The molecule has 2 fully saturated rings. The molecule has 34 heavy (non-hydrogen) atoms. The minimum Gasteiger partial charge on any atom is -0.295 e. The number of halogens is 6. The van der Waals surface area contributed by atoms with Gasteiger partial charge >= 0.3 is 0 Å². The smallest absolute Gasteiger partial charge is 0.248 e. The zero-order valence-corrected chi connectivity index (χ0v) is 20.6. The third-order valence-electron chi connectivity index (χ3n) is 6.78. The number of ketones is 1. The van der Waals surface area contributed by atoms with Gasteiger partial charge < -0.3 is 0 Å². The van der Waals surface area contributed by atoms with Gasteiger partial charge in [-0.3, -0.25) is 9.69 Å². The predicted molar refractivity (Wildman–Crippen MR) is 120 cm³/mol. The van der Waals surface area contributed by atoms with Crippen molar-refractivity contribution in [1.82, 2.24) is 9.21 Å². The molecule has 1 heterocycles. The molecule has 0 N–H and O–H groups in total. The third kappa shape index (κ3) is 6.47. The van der Waals surface area contributed by atoms with Gasteiger partial charge in [0.2, 0.25) is 15.9 Å². The number of piperazine rings is 1. The van der Waals surface area contributed by atoms with Gasteiger partial charge in [0.25, 0.3) is 0 Å². The number of hydrogen-bond acceptors (Lipinski definition) is 4. The van der Waals surface area contributed by atoms with E-state index in [9.17, 15) is 35.2 Å². The van der Waals surface area contributed by atoms with E-state index in [1.807, 2.05) is 4.90 Å². The molecule has 0 amide bonds. The van der Waals surface area contributed by atoms with Crippen molar-refractivity contribution in [3.63, 3.8) is 0 Å². The Morgan fingerprint density at radius 1 is 0.971 bits per heavy atom. The lowest BCUT2D eigenvalue weighted by atomic mass is 9.74. The topological polar surface area (TPSA) is 57.7 Å². The van der Waals surface area contributed by atoms with Crippen LogP contribution in [0.25, 0.3) is 0 Å². The molecule has 0 unspecified atom stereocenters. The van der Waals surface area contributed by atoms with Crippen LogP contribution in [-0.4, -0.2) is 66.8 Å². The average molecular weight is 533 g/mol. The minimum absolute atomic E-state index is 0. The Balaban J connectivity index is 0.00000408. The van der Waals surface area contributed by atoms with Gasteiger partial charge in [-0.05, 0) is 25.7 Å². The molecule has 0 atom stereocenters. The van der Waals surface area contributed by atoms with Gasteiger partial charge in [-0.2, -0.15) is 4.31 Å². The standard InChI is InChI=1S/C22H29F5N2O3S.ClH/c1-2-13-33(31,32)29-11-9-28(10-12-29)21(5-7-22(26,27)8-6-21)4-3-19(30)20-17(24)14-16(23)15-18(20)25;/h14-15H,2-13H2,1H3;1H. The number of nitrogens with zero attached hydrogens (tertiary/aromatic N) is 2. The molecule has 1 saturated carbocycles. The van der Waals surface area contributed by atoms with E-state index in [0.717, 1.165) is 0 Å². The number of hydrogen-bond donors (Lipinski definition) is 0. The molecule has 1 aliphatic carbocycles. The zero-order valence-electron chi connectivity index (χ0n) is 19.0. The van der Waals surface area contributed by atoms with Crippen LogP contribution in [0.2, 0.25) is 0 Å². The maximum atomic E-state index is 14.0. The maximum Gasteiger partial charge on any atom is 0.248 e. The molecule has 1 aliphatic heterocycles. The lowest BCUT2D eigenvalue weighted by molar-refractivity contribution is -0.0891. The van der Waals surface area contributed by atoms with Crippen LogP contribution in [0, 0.1) is 17.5 Å². The molecule has 12 heteroatoms. The summed E-state index contributed by atoms with van der Waals surface area (Å²) in [5.41, 5.74) is -1.63. The van der Waals surface area contributed by atoms with Gasteiger partial charge in [0.15, 0.2) is 5.78 Å². The summed E-state index contributed by atoms with van der Waals surface area (Å²) in [4.78, 5) is 14.5. The number of rotatable bonds is 8. The van der Waals surface area contributed by atoms with E-state index >= 15 is 0 Å². The Bertz CT molecular complexity index is 952. The number of sulfonamides is 1. The Morgan fingerprint density at radius 2 is 1.50 bits per heavy atom. The van der Waals surface area contributed by atoms with Crippen molar-refractivity contribution < 1.29 is 35.2 Å². The summed E-state index contributed by atoms with van der Waals surface area (Å²) >= 11 is 0. The summed E-state index contributed by atoms with van der Waals surface area (Å²) in [5, 5.41) is 0. The average Bonchev–Trinajstić information content (AvgIpc) is 2.73. The fourth-order valence-corrected chi connectivity index (χ4v) is 6.41. The van der Waals surface area contributed by atoms with Crippen LogP contribution >= 0.6 is 12.4 Å². The fourth-order valence-electron chi connectivity index (χ4n) is 4.91. The van der Waals surface area contributed by atoms with E-state index in [-0.39, 0.29) is 69.8 Å². The molecule has 2 aliphatic rings. The van der Waals surface area contributed by atoms with Crippen LogP contribution in [0.4, 0.5) is 22.0 Å². The molecule has 0 aromatic heterocycles. The van der Waals surface area contributed by atoms with E-state index in [1.165, 1.54) is 4.31 Å². The van der Waals surface area contributed by atoms with Crippen LogP contribution in [0.1, 0.15) is 62.2 Å². The second kappa shape index (κ2) is 11.2. The highest BCUT2D eigenvalue weighted by Crippen LogP contribution is 2.44. The summed E-state index contributed by atoms with van der Waals surface area (Å²) in [6.07, 6.45) is -0.296. The highest BCUT2D eigenvalue weighted by atomic mass is 35.5. The minimum atomic E-state index is -3.38. The first-order valence-electron chi connectivity index (χ1n) is 11.2. The van der Waals surface area contributed by atoms with Gasteiger partial charge in [-0.15, -0.1) is 12.4 Å². The summed E-state index contributed by atoms with van der Waals surface area (Å²) < 4.78 is 95.2. The first-order valence-corrected chi connectivity index (χ1v) is 12.8. The van der Waals surface area contributed by atoms with Crippen molar-refractivity contribution in [1.29, 1.82) is 0 Å². The van der Waals surface area contributed by atoms with Crippen molar-refractivity contribution in [3.8, 4) is 0 Å². The van der Waals surface area contributed by atoms with Crippen LogP contribution in [0.5, 0.6) is 0 Å². The largest absolute Gasteiger partial charge is 0.295 e. The predicted octanol–water partition coefficient (Wildman–Crippen LogP) is 4.79. The van der Waals surface area contributed by atoms with E-state index in [0.29, 0.717) is 31.6 Å². The fraction of sp³-hybridized carbons (Fsp3) is 0.682. The normalized spacial score (nSPS) is 21.1. The van der Waals surface area contributed by atoms with Crippen molar-refractivity contribution in [2.45, 2.75) is 63.3 Å². The third-order valence-corrected chi connectivity index (χ3v) is 8.86. The first-order chi connectivity index (χ1) is 15.4. The molecule has 194 valence electrons. The van der Waals surface area contributed by atoms with Crippen LogP contribution in [0.3, 0.4) is 0 Å². The van der Waals surface area contributed by atoms with Crippen molar-refractivity contribution in [2.24, 2.45) is 0 Å². The van der Waals surface area contributed by atoms with E-state index in [2.05, 4.69) is 0 Å². The summed E-state index contributed by atoms with van der Waals surface area (Å²) in [6, 6.07) is 0.867. The first kappa shape index (κ1) is 28.9. The SMILES string of the molecule is CCCS(=O)(=O)N1CCN(C2(CCC(=O)c3c(F)cc(F)cc3F)CCC(F)(F)CC2)CC1.Cl. The van der Waals surface area contributed by atoms with Gasteiger partial charge in [-0.1, -0.05) is 6.92 Å². The molecule has 1 aromatic carbocycles. The van der Waals surface area contributed by atoms with Gasteiger partial charge in [0.05, 0.1) is 11.3 Å². The number of benzene rings is 1. The number of carbonyl (C=O) groups excluding carboxylic acids is 1. The molecule has 5 nitrogen and oxygen atoms in total.